The molecule has 0 bridgehead atoms. The summed E-state index contributed by atoms with van der Waals surface area (Å²) in [5, 5.41) is 20.0. The van der Waals surface area contributed by atoms with Gasteiger partial charge in [-0.05, 0) is 12.1 Å². The summed E-state index contributed by atoms with van der Waals surface area (Å²) in [5.41, 5.74) is 0.177. The third kappa shape index (κ3) is 2.68. The van der Waals surface area contributed by atoms with E-state index in [9.17, 15) is 4.79 Å². The minimum absolute atomic E-state index is 0.122. The lowest BCUT2D eigenvalue weighted by Gasteiger charge is -2.02. The molecule has 1 amide bonds. The zero-order valence-corrected chi connectivity index (χ0v) is 8.95. The molecule has 0 fully saturated rings. The van der Waals surface area contributed by atoms with Gasteiger partial charge in [0.1, 0.15) is 5.82 Å². The van der Waals surface area contributed by atoms with Gasteiger partial charge in [-0.3, -0.25) is 10.1 Å². The predicted octanol–water partition coefficient (Wildman–Crippen LogP) is -0.0444. The Labute approximate surface area is 96.5 Å². The second-order valence-electron chi connectivity index (χ2n) is 2.97. The van der Waals surface area contributed by atoms with Crippen molar-refractivity contribution in [2.75, 3.05) is 17.7 Å². The van der Waals surface area contributed by atoms with Crippen molar-refractivity contribution in [2.45, 2.75) is 0 Å². The maximum absolute atomic E-state index is 11.7. The Morgan fingerprint density at radius 1 is 1.18 bits per heavy atom. The van der Waals surface area contributed by atoms with Crippen molar-refractivity contribution in [3.8, 4) is 0 Å². The van der Waals surface area contributed by atoms with E-state index in [-0.39, 0.29) is 11.6 Å². The Bertz CT molecular complexity index is 499. The molecule has 0 radical (unpaired) electrons. The number of hydrogen-bond donors (Lipinski definition) is 2. The van der Waals surface area contributed by atoms with Crippen LogP contribution in [0, 0.1) is 0 Å². The van der Waals surface area contributed by atoms with Crippen LogP contribution in [0.4, 0.5) is 11.8 Å². The molecule has 0 aliphatic carbocycles. The van der Waals surface area contributed by atoms with Gasteiger partial charge >= 0.3 is 0 Å². The summed E-state index contributed by atoms with van der Waals surface area (Å²) in [7, 11) is 1.72. The molecule has 8 heteroatoms. The summed E-state index contributed by atoms with van der Waals surface area (Å²) in [4.78, 5) is 15.5. The zero-order valence-electron chi connectivity index (χ0n) is 8.95. The molecule has 0 unspecified atom stereocenters. The fourth-order valence-electron chi connectivity index (χ4n) is 1.06. The van der Waals surface area contributed by atoms with Gasteiger partial charge in [0.2, 0.25) is 5.95 Å². The molecule has 0 aliphatic rings. The molecule has 2 aromatic rings. The van der Waals surface area contributed by atoms with Crippen molar-refractivity contribution >= 4 is 17.7 Å². The van der Waals surface area contributed by atoms with Gasteiger partial charge in [-0.2, -0.15) is 5.10 Å². The van der Waals surface area contributed by atoms with Crippen molar-refractivity contribution < 1.29 is 4.79 Å². The summed E-state index contributed by atoms with van der Waals surface area (Å²) in [6.45, 7) is 0. The number of carbonyl (C=O) groups excluding carboxylic acids is 1. The number of nitrogens with zero attached hydrogens (tertiary/aromatic N) is 5. The Morgan fingerprint density at radius 2 is 2.06 bits per heavy atom. The lowest BCUT2D eigenvalue weighted by molar-refractivity contribution is 0.102. The van der Waals surface area contributed by atoms with Crippen LogP contribution in [0.3, 0.4) is 0 Å². The molecule has 0 spiro atoms. The van der Waals surface area contributed by atoms with E-state index in [0.717, 1.165) is 0 Å². The molecular weight excluding hydrogens is 222 g/mol. The summed E-state index contributed by atoms with van der Waals surface area (Å²) >= 11 is 0. The van der Waals surface area contributed by atoms with Crippen LogP contribution in [0.15, 0.2) is 24.5 Å². The van der Waals surface area contributed by atoms with Crippen LogP contribution >= 0.6 is 0 Å². The Balaban J connectivity index is 2.09. The highest BCUT2D eigenvalue weighted by molar-refractivity contribution is 6.01. The number of nitrogens with one attached hydrogen (secondary N) is 2. The van der Waals surface area contributed by atoms with Crippen molar-refractivity contribution in [3.05, 3.63) is 30.2 Å². The molecule has 0 atom stereocenters. The summed E-state index contributed by atoms with van der Waals surface area (Å²) in [6.07, 6.45) is 2.84. The van der Waals surface area contributed by atoms with Gasteiger partial charge in [-0.25, -0.2) is 4.98 Å². The van der Waals surface area contributed by atoms with Crippen LogP contribution in [0.25, 0.3) is 0 Å². The second kappa shape index (κ2) is 4.92. The largest absolute Gasteiger partial charge is 0.372 e. The fourth-order valence-corrected chi connectivity index (χ4v) is 1.06. The average Bonchev–Trinajstić information content (AvgIpc) is 2.40. The number of hydrogen-bond acceptors (Lipinski definition) is 7. The van der Waals surface area contributed by atoms with Crippen LogP contribution in [-0.4, -0.2) is 38.3 Å². The van der Waals surface area contributed by atoms with Crippen LogP contribution in [0.2, 0.25) is 0 Å². The number of anilines is 2. The zero-order chi connectivity index (χ0) is 12.1. The lowest BCUT2D eigenvalue weighted by Crippen LogP contribution is -2.16. The first-order valence-electron chi connectivity index (χ1n) is 4.76. The standard InChI is InChI=1S/C9H9N7O/c1-10-7-3-2-6(14-15-7)8(17)13-9-11-4-5-12-16-9/h2-5H,1H3,(H,10,15)(H,11,13,16,17). The number of aromatic nitrogens is 5. The molecular formula is C9H9N7O. The summed E-state index contributed by atoms with van der Waals surface area (Å²) in [5.74, 6) is 0.268. The maximum Gasteiger partial charge on any atom is 0.278 e. The molecule has 86 valence electrons. The molecule has 8 nitrogen and oxygen atoms in total. The van der Waals surface area contributed by atoms with E-state index in [1.807, 2.05) is 0 Å². The smallest absolute Gasteiger partial charge is 0.278 e. The Morgan fingerprint density at radius 3 is 2.65 bits per heavy atom. The quantitative estimate of drug-likeness (QED) is 0.763. The third-order valence-corrected chi connectivity index (χ3v) is 1.86. The highest BCUT2D eigenvalue weighted by Crippen LogP contribution is 2.02. The van der Waals surface area contributed by atoms with Gasteiger partial charge in [0.25, 0.3) is 5.91 Å². The molecule has 2 N–H and O–H groups in total. The average molecular weight is 231 g/mol. The molecule has 17 heavy (non-hydrogen) atoms. The maximum atomic E-state index is 11.7. The van der Waals surface area contributed by atoms with Crippen molar-refractivity contribution in [1.82, 2.24) is 25.4 Å². The van der Waals surface area contributed by atoms with E-state index in [4.69, 9.17) is 0 Å². The molecule has 0 aromatic carbocycles. The minimum Gasteiger partial charge on any atom is -0.372 e. The topological polar surface area (TPSA) is 106 Å². The fraction of sp³-hybridized carbons (Fsp3) is 0.111. The number of carbonyl (C=O) groups is 1. The van der Waals surface area contributed by atoms with E-state index in [1.54, 1.807) is 19.2 Å². The van der Waals surface area contributed by atoms with Crippen molar-refractivity contribution in [3.63, 3.8) is 0 Å². The number of amides is 1. The minimum atomic E-state index is -0.437. The van der Waals surface area contributed by atoms with Gasteiger partial charge < -0.3 is 5.32 Å². The van der Waals surface area contributed by atoms with Gasteiger partial charge in [-0.1, -0.05) is 0 Å². The first kappa shape index (κ1) is 10.9. The van der Waals surface area contributed by atoms with Gasteiger partial charge in [0.15, 0.2) is 5.69 Å². The monoisotopic (exact) mass is 231 g/mol. The van der Waals surface area contributed by atoms with Gasteiger partial charge in [0.05, 0.1) is 12.4 Å². The molecule has 2 aromatic heterocycles. The van der Waals surface area contributed by atoms with E-state index in [2.05, 4.69) is 36.0 Å². The van der Waals surface area contributed by atoms with Crippen LogP contribution in [-0.2, 0) is 0 Å². The van der Waals surface area contributed by atoms with Gasteiger partial charge in [-0.15, -0.1) is 15.3 Å². The Kier molecular flexibility index (Phi) is 3.15. The van der Waals surface area contributed by atoms with Gasteiger partial charge in [0, 0.05) is 7.05 Å². The first-order chi connectivity index (χ1) is 8.29. The summed E-state index contributed by atoms with van der Waals surface area (Å²) in [6, 6.07) is 3.19. The first-order valence-corrected chi connectivity index (χ1v) is 4.76. The number of rotatable bonds is 3. The van der Waals surface area contributed by atoms with E-state index in [0.29, 0.717) is 5.82 Å². The van der Waals surface area contributed by atoms with E-state index in [1.165, 1.54) is 12.4 Å². The highest BCUT2D eigenvalue weighted by Gasteiger charge is 2.09. The SMILES string of the molecule is CNc1ccc(C(=O)Nc2nccnn2)nn1. The molecule has 2 heterocycles. The molecule has 0 aliphatic heterocycles. The van der Waals surface area contributed by atoms with E-state index >= 15 is 0 Å². The normalized spacial score (nSPS) is 9.71. The Hall–Kier alpha value is -2.64. The third-order valence-electron chi connectivity index (χ3n) is 1.86. The summed E-state index contributed by atoms with van der Waals surface area (Å²) < 4.78 is 0. The van der Waals surface area contributed by atoms with E-state index < -0.39 is 5.91 Å². The predicted molar refractivity (Wildman–Crippen MR) is 59.4 cm³/mol. The van der Waals surface area contributed by atoms with Crippen LogP contribution in [0.1, 0.15) is 10.5 Å². The second-order valence-corrected chi connectivity index (χ2v) is 2.97. The van der Waals surface area contributed by atoms with Crippen molar-refractivity contribution in [2.24, 2.45) is 0 Å². The lowest BCUT2D eigenvalue weighted by atomic mass is 10.3. The molecule has 0 saturated carbocycles. The molecule has 0 saturated heterocycles. The van der Waals surface area contributed by atoms with Crippen LogP contribution in [0.5, 0.6) is 0 Å². The molecule has 2 rings (SSSR count). The van der Waals surface area contributed by atoms with Crippen molar-refractivity contribution in [1.29, 1.82) is 0 Å². The highest BCUT2D eigenvalue weighted by atomic mass is 16.2. The van der Waals surface area contributed by atoms with Crippen LogP contribution < -0.4 is 10.6 Å².